The van der Waals surface area contributed by atoms with Crippen molar-refractivity contribution in [2.75, 3.05) is 157 Å². The van der Waals surface area contributed by atoms with Gasteiger partial charge in [0.25, 0.3) is 11.4 Å². The van der Waals surface area contributed by atoms with Gasteiger partial charge in [-0.25, -0.2) is 29.5 Å². The summed E-state index contributed by atoms with van der Waals surface area (Å²) in [5.74, 6) is 1.67. The first-order chi connectivity index (χ1) is 45.0. The second kappa shape index (κ2) is 35.6. The number of urea groups is 2. The first-order valence-corrected chi connectivity index (χ1v) is 39.0. The molecule has 0 bridgehead atoms. The van der Waals surface area contributed by atoms with Crippen LogP contribution in [0.3, 0.4) is 0 Å². The minimum absolute atomic E-state index is 0.0171. The highest BCUT2D eigenvalue weighted by atomic mass is 35.5. The smallest absolute Gasteiger partial charge is 0.331 e. The molecule has 0 saturated carbocycles. The minimum atomic E-state index is -1.42. The molecule has 0 aliphatic carbocycles. The lowest BCUT2D eigenvalue weighted by Crippen LogP contribution is -2.43. The minimum Gasteiger partial charge on any atom is -0.495 e. The average Bonchev–Trinajstić information content (AvgIpc) is 0.791. The summed E-state index contributed by atoms with van der Waals surface area (Å²) in [7, 11) is 6.16. The predicted octanol–water partition coefficient (Wildman–Crippen LogP) is 13.4. The van der Waals surface area contributed by atoms with Crippen LogP contribution in [0.25, 0.3) is 0 Å². The molecule has 2 aliphatic rings. The molecule has 2 saturated heterocycles. The second-order valence-corrected chi connectivity index (χ2v) is 36.9. The largest absolute Gasteiger partial charge is 0.495 e. The molecule has 4 heterocycles. The molecule has 4 aromatic carbocycles. The number of carbonyl (C=O) groups excluding carboxylic acids is 2. The van der Waals surface area contributed by atoms with Crippen LogP contribution in [0.4, 0.5) is 61.0 Å². The number of rotatable bonds is 24. The highest BCUT2D eigenvalue weighted by Crippen LogP contribution is 2.48. The van der Waals surface area contributed by atoms with Crippen molar-refractivity contribution < 1.29 is 57.3 Å². The Morgan fingerprint density at radius 2 is 0.958 bits per heavy atom. The van der Waals surface area contributed by atoms with Gasteiger partial charge in [0.05, 0.1) is 81.8 Å². The third kappa shape index (κ3) is 21.3. The lowest BCUT2D eigenvalue weighted by molar-refractivity contribution is -0.385. The Kier molecular flexibility index (Phi) is 28.8. The van der Waals surface area contributed by atoms with Gasteiger partial charge < -0.3 is 53.4 Å². The monoisotopic (exact) mass is 1450 g/mol. The first-order valence-electron chi connectivity index (χ1n) is 29.7. The summed E-state index contributed by atoms with van der Waals surface area (Å²) in [5, 5.41) is 23.5. The molecule has 516 valence electrons. The lowest BCUT2D eigenvalue weighted by Gasteiger charge is -2.30. The molecule has 2 aliphatic heterocycles. The molecule has 2 fully saturated rings. The fraction of sp³-hybridized carbons (Fsp3) is 0.443. The number of nitro benzene ring substituents is 2. The van der Waals surface area contributed by atoms with Gasteiger partial charge in [-0.1, -0.05) is 97.3 Å². The number of ether oxygens (including phenoxy) is 8. The standard InChI is InChI=1S/C31H40Cl2N6O7Si.C20H27Cl3N4O4Si.C10H13N3O3/c1-36(31(40)38(20-46-13-14-47(4,5)6)30-28(32)25(43-2)18-26(44-3)29(30)33)27-16-22(34-19-35-27)15-21-7-8-23(17-24(21)39(41)42)37-9-11-45-12-10-37;1-26(16-10-15(21)24-11-25-16)20(28)27(12-31-7-8-32(4,5)6)19-17(22)13(29-2)9-14(30-3)18(19)23;11-9-2-1-8(7-10(9)13(14)15)12-3-5-16-6-4-12/h7-8,16-19H,9-15,20H2,1-6H3;9-11H,7-8,12H2,1-6H3;1-2,7H,3-6,11H2. The van der Waals surface area contributed by atoms with Crippen LogP contribution < -0.4 is 54.1 Å². The number of morpholine rings is 2. The van der Waals surface area contributed by atoms with Crippen molar-refractivity contribution in [3.8, 4) is 23.0 Å². The number of hydrogen-bond donors (Lipinski definition) is 1. The number of nitrogens with zero attached hydrogens (tertiary/aromatic N) is 12. The molecule has 4 amide bonds. The Morgan fingerprint density at radius 3 is 1.35 bits per heavy atom. The van der Waals surface area contributed by atoms with Crippen LogP contribution in [-0.2, 0) is 25.4 Å². The van der Waals surface area contributed by atoms with Gasteiger partial charge in [-0.2, -0.15) is 0 Å². The van der Waals surface area contributed by atoms with E-state index in [1.165, 1.54) is 78.9 Å². The number of amides is 4. The highest BCUT2D eigenvalue weighted by Gasteiger charge is 2.33. The zero-order chi connectivity index (χ0) is 69.9. The van der Waals surface area contributed by atoms with E-state index in [9.17, 15) is 29.8 Å². The van der Waals surface area contributed by atoms with Gasteiger partial charge in [0.1, 0.15) is 91.7 Å². The van der Waals surface area contributed by atoms with Crippen LogP contribution in [0, 0.1) is 20.2 Å². The van der Waals surface area contributed by atoms with E-state index in [0.29, 0.717) is 81.3 Å². The van der Waals surface area contributed by atoms with E-state index < -0.39 is 38.1 Å². The third-order valence-electron chi connectivity index (χ3n) is 14.7. The molecule has 0 radical (unpaired) electrons. The van der Waals surface area contributed by atoms with Crippen LogP contribution in [0.2, 0.25) is 76.6 Å². The molecule has 2 aromatic heterocycles. The Morgan fingerprint density at radius 1 is 0.568 bits per heavy atom. The Labute approximate surface area is 579 Å². The summed E-state index contributed by atoms with van der Waals surface area (Å²) in [6.45, 7) is 19.3. The van der Waals surface area contributed by atoms with E-state index in [4.69, 9.17) is 102 Å². The van der Waals surface area contributed by atoms with Crippen LogP contribution in [0.1, 0.15) is 11.3 Å². The van der Waals surface area contributed by atoms with Crippen LogP contribution in [0.5, 0.6) is 23.0 Å². The number of nitro groups is 2. The van der Waals surface area contributed by atoms with Crippen molar-refractivity contribution >= 4 is 138 Å². The molecular formula is C61H80Cl5N13O14Si2. The predicted molar refractivity (Wildman–Crippen MR) is 378 cm³/mol. The Hall–Kier alpha value is -7.30. The Balaban J connectivity index is 0.000000254. The molecule has 6 aromatic rings. The van der Waals surface area contributed by atoms with Crippen molar-refractivity contribution in [2.24, 2.45) is 0 Å². The van der Waals surface area contributed by atoms with Crippen molar-refractivity contribution in [1.82, 2.24) is 19.9 Å². The quantitative estimate of drug-likeness (QED) is 0.0112. The fourth-order valence-electron chi connectivity index (χ4n) is 9.24. The van der Waals surface area contributed by atoms with Crippen LogP contribution in [0.15, 0.2) is 73.3 Å². The molecule has 34 heteroatoms. The van der Waals surface area contributed by atoms with E-state index in [1.807, 2.05) is 6.07 Å². The number of halogens is 5. The molecule has 8 rings (SSSR count). The number of carbonyl (C=O) groups is 2. The van der Waals surface area contributed by atoms with Crippen LogP contribution in [-0.4, -0.2) is 180 Å². The SMILES string of the molecule is COc1cc(OC)c(Cl)c(N(COCC[Si](C)(C)C)C(=O)N(C)c2cc(Cc3ccc(N4CCOCC4)cc3[N+](=O)[O-])ncn2)c1Cl.COc1cc(OC)c(Cl)c(N(COCC[Si](C)(C)C)C(=O)N(C)c2cc(Cl)ncn2)c1Cl.Nc1ccc(N2CCOCC2)cc1[N+](=O)[O-]. The summed E-state index contributed by atoms with van der Waals surface area (Å²) in [6.07, 6.45) is 2.72. The molecule has 0 atom stereocenters. The molecule has 2 N–H and O–H groups in total. The molecule has 0 spiro atoms. The van der Waals surface area contributed by atoms with E-state index in [2.05, 4.69) is 69.0 Å². The zero-order valence-corrected chi connectivity index (χ0v) is 60.9. The molecule has 27 nitrogen and oxygen atoms in total. The number of aromatic nitrogens is 4. The van der Waals surface area contributed by atoms with Crippen LogP contribution >= 0.6 is 58.0 Å². The number of anilines is 7. The van der Waals surface area contributed by atoms with Gasteiger partial charge in [0.15, 0.2) is 0 Å². The van der Waals surface area contributed by atoms with Gasteiger partial charge >= 0.3 is 12.1 Å². The van der Waals surface area contributed by atoms with Gasteiger partial charge in [0, 0.05) is 129 Å². The van der Waals surface area contributed by atoms with E-state index in [-0.39, 0.29) is 90.9 Å². The zero-order valence-electron chi connectivity index (χ0n) is 55.1. The first kappa shape index (κ1) is 76.7. The third-order valence-corrected chi connectivity index (χ3v) is 19.8. The lowest BCUT2D eigenvalue weighted by atomic mass is 10.1. The Bertz CT molecular complexity index is 3570. The van der Waals surface area contributed by atoms with Crippen molar-refractivity contribution in [3.63, 3.8) is 0 Å². The number of nitrogen functional groups attached to an aromatic ring is 1. The number of benzene rings is 4. The van der Waals surface area contributed by atoms with Gasteiger partial charge in [0.2, 0.25) is 0 Å². The summed E-state index contributed by atoms with van der Waals surface area (Å²) in [4.78, 5) is 75.6. The van der Waals surface area contributed by atoms with E-state index in [1.54, 1.807) is 50.5 Å². The van der Waals surface area contributed by atoms with Crippen molar-refractivity contribution in [3.05, 3.63) is 130 Å². The van der Waals surface area contributed by atoms with Gasteiger partial charge in [-0.05, 0) is 36.4 Å². The van der Waals surface area contributed by atoms with E-state index in [0.717, 1.165) is 36.6 Å². The van der Waals surface area contributed by atoms with Crippen molar-refractivity contribution in [1.29, 1.82) is 0 Å². The summed E-state index contributed by atoms with van der Waals surface area (Å²) in [5.41, 5.74) is 8.57. The normalized spacial score (nSPS) is 13.1. The maximum atomic E-state index is 14.2. The summed E-state index contributed by atoms with van der Waals surface area (Å²) in [6, 6.07) is 17.0. The molecule has 0 unspecified atom stereocenters. The number of hydrogen-bond acceptors (Lipinski definition) is 21. The molecular weight excluding hydrogens is 1370 g/mol. The van der Waals surface area contributed by atoms with Gasteiger partial charge in [-0.15, -0.1) is 0 Å². The average molecular weight is 1450 g/mol. The van der Waals surface area contributed by atoms with Crippen molar-refractivity contribution in [2.45, 2.75) is 57.8 Å². The van der Waals surface area contributed by atoms with E-state index >= 15 is 0 Å². The fourth-order valence-corrected chi connectivity index (χ4v) is 12.3. The topological polar surface area (TPSA) is 291 Å². The molecule has 95 heavy (non-hydrogen) atoms. The highest BCUT2D eigenvalue weighted by molar-refractivity contribution is 6.76. The maximum absolute atomic E-state index is 14.2. The second-order valence-electron chi connectivity index (χ2n) is 23.8. The summed E-state index contributed by atoms with van der Waals surface area (Å²) >= 11 is 32.5. The number of nitrogens with two attached hydrogens (primary N) is 1. The van der Waals surface area contributed by atoms with Gasteiger partial charge in [-0.3, -0.25) is 39.8 Å². The summed E-state index contributed by atoms with van der Waals surface area (Å²) < 4.78 is 44.1. The number of methoxy groups -OCH3 is 4. The maximum Gasteiger partial charge on any atom is 0.331 e.